The van der Waals surface area contributed by atoms with E-state index in [0.29, 0.717) is 13.2 Å². The first-order chi connectivity index (χ1) is 13.1. The number of piperazine rings is 1. The first-order valence-corrected chi connectivity index (χ1v) is 11.0. The van der Waals surface area contributed by atoms with Crippen LogP contribution in [0.15, 0.2) is 18.2 Å². The fourth-order valence-electron chi connectivity index (χ4n) is 5.38. The molecule has 0 unspecified atom stereocenters. The third-order valence-corrected chi connectivity index (χ3v) is 7.11. The summed E-state index contributed by atoms with van der Waals surface area (Å²) < 4.78 is 5.89. The van der Waals surface area contributed by atoms with E-state index < -0.39 is 0 Å². The van der Waals surface area contributed by atoms with Gasteiger partial charge in [-0.05, 0) is 61.6 Å². The van der Waals surface area contributed by atoms with Gasteiger partial charge >= 0.3 is 0 Å². The van der Waals surface area contributed by atoms with Gasteiger partial charge in [-0.1, -0.05) is 24.1 Å². The van der Waals surface area contributed by atoms with Crippen molar-refractivity contribution in [2.75, 3.05) is 50.8 Å². The second-order valence-corrected chi connectivity index (χ2v) is 9.28. The van der Waals surface area contributed by atoms with Crippen LogP contribution in [0.1, 0.15) is 31.2 Å². The summed E-state index contributed by atoms with van der Waals surface area (Å²) in [6, 6.07) is 6.09. The van der Waals surface area contributed by atoms with Crippen molar-refractivity contribution in [1.29, 1.82) is 0 Å². The second kappa shape index (κ2) is 8.69. The molecule has 1 aromatic rings. The van der Waals surface area contributed by atoms with Gasteiger partial charge in [0.2, 0.25) is 0 Å². The fraction of sp³-hybridized carbons (Fsp3) is 0.727. The van der Waals surface area contributed by atoms with Gasteiger partial charge in [0.15, 0.2) is 0 Å². The number of hydrogen-bond donors (Lipinski definition) is 1. The van der Waals surface area contributed by atoms with Crippen molar-refractivity contribution >= 4 is 17.3 Å². The molecule has 1 N–H and O–H groups in total. The van der Waals surface area contributed by atoms with Gasteiger partial charge in [-0.3, -0.25) is 4.90 Å². The molecule has 1 aromatic carbocycles. The molecule has 2 saturated carbocycles. The van der Waals surface area contributed by atoms with E-state index in [1.165, 1.54) is 36.9 Å². The Morgan fingerprint density at radius 2 is 2.00 bits per heavy atom. The fourth-order valence-corrected chi connectivity index (χ4v) is 5.55. The van der Waals surface area contributed by atoms with E-state index in [4.69, 9.17) is 16.3 Å². The number of fused-ring (bicyclic) bond motifs is 2. The lowest BCUT2D eigenvalue weighted by Crippen LogP contribution is -2.49. The van der Waals surface area contributed by atoms with Crippen LogP contribution < -0.4 is 4.90 Å². The Kier molecular flexibility index (Phi) is 6.28. The van der Waals surface area contributed by atoms with Crippen LogP contribution in [0.4, 0.5) is 5.69 Å². The summed E-state index contributed by atoms with van der Waals surface area (Å²) in [4.78, 5) is 4.75. The molecule has 1 heterocycles. The quantitative estimate of drug-likeness (QED) is 0.769. The van der Waals surface area contributed by atoms with Crippen molar-refractivity contribution in [1.82, 2.24) is 4.90 Å². The minimum atomic E-state index is -0.386. The SMILES string of the molecule is Cc1ccc(Cl)cc1N1CCN(C[C@H](O)COC[C@@H]2C[C@@H]3CC[C@@H]2C3)CC1. The third-order valence-electron chi connectivity index (χ3n) is 6.88. The Labute approximate surface area is 168 Å². The predicted molar refractivity (Wildman–Crippen MR) is 111 cm³/mol. The molecule has 5 heteroatoms. The second-order valence-electron chi connectivity index (χ2n) is 8.84. The molecule has 27 heavy (non-hydrogen) atoms. The van der Waals surface area contributed by atoms with Gasteiger partial charge in [0, 0.05) is 50.0 Å². The highest BCUT2D eigenvalue weighted by Crippen LogP contribution is 2.48. The highest BCUT2D eigenvalue weighted by atomic mass is 35.5. The van der Waals surface area contributed by atoms with E-state index in [2.05, 4.69) is 28.9 Å². The molecule has 2 aliphatic carbocycles. The number of aryl methyl sites for hydroxylation is 1. The lowest BCUT2D eigenvalue weighted by molar-refractivity contribution is -0.00274. The average molecular weight is 393 g/mol. The zero-order chi connectivity index (χ0) is 18.8. The number of rotatable bonds is 7. The molecule has 4 atom stereocenters. The number of aliphatic hydroxyl groups is 1. The molecule has 4 rings (SSSR count). The molecule has 150 valence electrons. The Bertz CT molecular complexity index is 633. The van der Waals surface area contributed by atoms with E-state index >= 15 is 0 Å². The van der Waals surface area contributed by atoms with Crippen LogP contribution in [0, 0.1) is 24.7 Å². The molecule has 0 radical (unpaired) electrons. The summed E-state index contributed by atoms with van der Waals surface area (Å²) in [6.07, 6.45) is 5.23. The maximum atomic E-state index is 10.4. The number of aliphatic hydroxyl groups excluding tert-OH is 1. The van der Waals surface area contributed by atoms with Gasteiger partial charge in [0.25, 0.3) is 0 Å². The number of β-amino-alcohol motifs (C(OH)–C–C–N with tert-alkyl or cyclic N) is 1. The number of hydrogen-bond acceptors (Lipinski definition) is 4. The topological polar surface area (TPSA) is 35.9 Å². The zero-order valence-corrected chi connectivity index (χ0v) is 17.2. The van der Waals surface area contributed by atoms with E-state index in [-0.39, 0.29) is 6.10 Å². The van der Waals surface area contributed by atoms with Crippen molar-refractivity contribution in [2.45, 2.75) is 38.7 Å². The maximum Gasteiger partial charge on any atom is 0.0900 e. The summed E-state index contributed by atoms with van der Waals surface area (Å²) >= 11 is 6.17. The van der Waals surface area contributed by atoms with E-state index in [1.807, 2.05) is 6.07 Å². The van der Waals surface area contributed by atoms with E-state index in [1.54, 1.807) is 0 Å². The lowest BCUT2D eigenvalue weighted by atomic mass is 9.90. The van der Waals surface area contributed by atoms with Gasteiger partial charge in [0.1, 0.15) is 0 Å². The zero-order valence-electron chi connectivity index (χ0n) is 16.4. The van der Waals surface area contributed by atoms with Crippen LogP contribution in [-0.2, 0) is 4.74 Å². The molecule has 1 aliphatic heterocycles. The number of halogens is 1. The van der Waals surface area contributed by atoms with E-state index in [0.717, 1.165) is 55.6 Å². The smallest absolute Gasteiger partial charge is 0.0900 e. The van der Waals surface area contributed by atoms with Gasteiger partial charge in [-0.2, -0.15) is 0 Å². The Hall–Kier alpha value is -0.810. The first-order valence-electron chi connectivity index (χ1n) is 10.6. The molecular formula is C22H33ClN2O2. The summed E-state index contributed by atoms with van der Waals surface area (Å²) in [6.45, 7) is 8.04. The van der Waals surface area contributed by atoms with Gasteiger partial charge in [-0.15, -0.1) is 0 Å². The van der Waals surface area contributed by atoms with Crippen molar-refractivity contribution < 1.29 is 9.84 Å². The van der Waals surface area contributed by atoms with Crippen molar-refractivity contribution in [3.05, 3.63) is 28.8 Å². The number of nitrogens with zero attached hydrogens (tertiary/aromatic N) is 2. The van der Waals surface area contributed by atoms with Crippen LogP contribution >= 0.6 is 11.6 Å². The Morgan fingerprint density at radius 1 is 1.19 bits per heavy atom. The summed E-state index contributed by atoms with van der Waals surface area (Å²) in [5.41, 5.74) is 2.50. The van der Waals surface area contributed by atoms with Crippen LogP contribution in [0.2, 0.25) is 5.02 Å². The Balaban J connectivity index is 1.16. The highest BCUT2D eigenvalue weighted by Gasteiger charge is 2.39. The van der Waals surface area contributed by atoms with Crippen LogP contribution in [-0.4, -0.2) is 62.0 Å². The first kappa shape index (κ1) is 19.5. The lowest BCUT2D eigenvalue weighted by Gasteiger charge is -2.37. The molecule has 3 fully saturated rings. The minimum Gasteiger partial charge on any atom is -0.389 e. The Morgan fingerprint density at radius 3 is 2.70 bits per heavy atom. The predicted octanol–water partition coefficient (Wildman–Crippen LogP) is 3.58. The average Bonchev–Trinajstić information content (AvgIpc) is 3.28. The normalized spacial score (nSPS) is 29.4. The number of ether oxygens (including phenoxy) is 1. The maximum absolute atomic E-state index is 10.4. The number of benzene rings is 1. The molecule has 4 nitrogen and oxygen atoms in total. The molecule has 0 aromatic heterocycles. The molecule has 0 spiro atoms. The van der Waals surface area contributed by atoms with Gasteiger partial charge < -0.3 is 14.7 Å². The van der Waals surface area contributed by atoms with Crippen molar-refractivity contribution in [3.8, 4) is 0 Å². The molecule has 1 saturated heterocycles. The van der Waals surface area contributed by atoms with E-state index in [9.17, 15) is 5.11 Å². The highest BCUT2D eigenvalue weighted by molar-refractivity contribution is 6.30. The van der Waals surface area contributed by atoms with Crippen molar-refractivity contribution in [3.63, 3.8) is 0 Å². The van der Waals surface area contributed by atoms with Crippen molar-refractivity contribution in [2.24, 2.45) is 17.8 Å². The monoisotopic (exact) mass is 392 g/mol. The molecule has 3 aliphatic rings. The van der Waals surface area contributed by atoms with Crippen LogP contribution in [0.5, 0.6) is 0 Å². The summed E-state index contributed by atoms with van der Waals surface area (Å²) in [5.74, 6) is 2.61. The summed E-state index contributed by atoms with van der Waals surface area (Å²) in [7, 11) is 0. The molecule has 2 bridgehead atoms. The minimum absolute atomic E-state index is 0.386. The third kappa shape index (κ3) is 4.79. The largest absolute Gasteiger partial charge is 0.389 e. The number of anilines is 1. The summed E-state index contributed by atoms with van der Waals surface area (Å²) in [5, 5.41) is 11.2. The van der Waals surface area contributed by atoms with Crippen LogP contribution in [0.25, 0.3) is 0 Å². The molecular weight excluding hydrogens is 360 g/mol. The molecule has 0 amide bonds. The van der Waals surface area contributed by atoms with Gasteiger partial charge in [-0.25, -0.2) is 0 Å². The van der Waals surface area contributed by atoms with Gasteiger partial charge in [0.05, 0.1) is 12.7 Å². The van der Waals surface area contributed by atoms with Crippen LogP contribution in [0.3, 0.4) is 0 Å². The standard InChI is InChI=1S/C22H33ClN2O2/c1-16-2-5-20(23)12-22(16)25-8-6-24(7-9-25)13-21(26)15-27-14-19-11-17-3-4-18(19)10-17/h2,5,12,17-19,21,26H,3-4,6-11,13-15H2,1H3/t17-,18-,19+,21+/m1/s1.